The molecule has 1 N–H and O–H groups in total. The first-order valence-electron chi connectivity index (χ1n) is 9.53. The fourth-order valence-electron chi connectivity index (χ4n) is 3.62. The summed E-state index contributed by atoms with van der Waals surface area (Å²) in [5.41, 5.74) is 1.68. The Hall–Kier alpha value is -1.41. The van der Waals surface area contributed by atoms with E-state index in [-0.39, 0.29) is 11.8 Å². The van der Waals surface area contributed by atoms with Crippen molar-refractivity contribution in [3.05, 3.63) is 69.2 Å². The summed E-state index contributed by atoms with van der Waals surface area (Å²) in [6.45, 7) is 2.26. The van der Waals surface area contributed by atoms with Crippen LogP contribution in [0.1, 0.15) is 30.0 Å². The van der Waals surface area contributed by atoms with E-state index in [1.54, 1.807) is 18.2 Å². The van der Waals surface area contributed by atoms with Gasteiger partial charge in [0.15, 0.2) is 9.84 Å². The first kappa shape index (κ1) is 22.3. The van der Waals surface area contributed by atoms with Gasteiger partial charge in [-0.3, -0.25) is 9.69 Å². The summed E-state index contributed by atoms with van der Waals surface area (Å²) < 4.78 is 25.7. The summed E-state index contributed by atoms with van der Waals surface area (Å²) in [6.07, 6.45) is 2.23. The Morgan fingerprint density at radius 2 is 1.86 bits per heavy atom. The van der Waals surface area contributed by atoms with Crippen molar-refractivity contribution < 1.29 is 13.2 Å². The van der Waals surface area contributed by atoms with Crippen LogP contribution in [0.15, 0.2) is 53.0 Å². The van der Waals surface area contributed by atoms with Crippen LogP contribution in [-0.4, -0.2) is 44.6 Å². The van der Waals surface area contributed by atoms with Crippen molar-refractivity contribution >= 4 is 43.3 Å². The predicted molar refractivity (Wildman–Crippen MR) is 120 cm³/mol. The van der Waals surface area contributed by atoms with Crippen molar-refractivity contribution in [3.63, 3.8) is 0 Å². The fourth-order valence-corrected chi connectivity index (χ4v) is 5.55. The van der Waals surface area contributed by atoms with E-state index in [0.717, 1.165) is 36.0 Å². The van der Waals surface area contributed by atoms with E-state index in [9.17, 15) is 13.2 Å². The van der Waals surface area contributed by atoms with Gasteiger partial charge in [-0.05, 0) is 61.3 Å². The van der Waals surface area contributed by atoms with Crippen LogP contribution < -0.4 is 5.32 Å². The average molecular weight is 500 g/mol. The molecule has 2 aromatic carbocycles. The third-order valence-corrected chi connectivity index (χ3v) is 7.14. The van der Waals surface area contributed by atoms with Crippen LogP contribution in [0, 0.1) is 0 Å². The van der Waals surface area contributed by atoms with E-state index in [4.69, 9.17) is 11.6 Å². The van der Waals surface area contributed by atoms with Gasteiger partial charge in [0, 0.05) is 16.0 Å². The lowest BCUT2D eigenvalue weighted by Gasteiger charge is -2.28. The van der Waals surface area contributed by atoms with Crippen molar-refractivity contribution in [2.75, 3.05) is 25.4 Å². The summed E-state index contributed by atoms with van der Waals surface area (Å²) >= 11 is 9.48. The third-order valence-electron chi connectivity index (χ3n) is 4.93. The first-order chi connectivity index (χ1) is 13.8. The second kappa shape index (κ2) is 10.1. The lowest BCUT2D eigenvalue weighted by atomic mass is 10.1. The third kappa shape index (κ3) is 6.81. The Kier molecular flexibility index (Phi) is 7.73. The van der Waals surface area contributed by atoms with Crippen LogP contribution in [0.4, 0.5) is 0 Å². The minimum atomic E-state index is -3.56. The van der Waals surface area contributed by atoms with Gasteiger partial charge >= 0.3 is 0 Å². The molecular weight excluding hydrogens is 476 g/mol. The van der Waals surface area contributed by atoms with Gasteiger partial charge in [-0.1, -0.05) is 51.8 Å². The summed E-state index contributed by atoms with van der Waals surface area (Å²) in [5.74, 6) is -1.17. The Morgan fingerprint density at radius 3 is 2.55 bits per heavy atom. The van der Waals surface area contributed by atoms with E-state index < -0.39 is 21.5 Å². The zero-order valence-corrected chi connectivity index (χ0v) is 19.1. The van der Waals surface area contributed by atoms with Crippen molar-refractivity contribution in [2.45, 2.75) is 24.6 Å². The number of sulfone groups is 1. The maximum Gasteiger partial charge on any atom is 0.235 e. The van der Waals surface area contributed by atoms with Crippen LogP contribution in [0.2, 0.25) is 5.02 Å². The van der Waals surface area contributed by atoms with Crippen LogP contribution in [0.3, 0.4) is 0 Å². The van der Waals surface area contributed by atoms with E-state index in [1.165, 1.54) is 0 Å². The van der Waals surface area contributed by atoms with E-state index in [2.05, 4.69) is 26.1 Å². The highest BCUT2D eigenvalue weighted by Crippen LogP contribution is 2.26. The highest BCUT2D eigenvalue weighted by Gasteiger charge is 2.25. The molecule has 8 heteroatoms. The molecular formula is C21H24BrClN2O3S. The Morgan fingerprint density at radius 1 is 1.14 bits per heavy atom. The molecule has 0 spiro atoms. The number of hydrogen-bond acceptors (Lipinski definition) is 4. The fraction of sp³-hybridized carbons (Fsp3) is 0.381. The molecule has 1 heterocycles. The lowest BCUT2D eigenvalue weighted by molar-refractivity contribution is -0.118. The van der Waals surface area contributed by atoms with Gasteiger partial charge in [0.05, 0.1) is 11.8 Å². The molecule has 1 aliphatic heterocycles. The number of carbonyl (C=O) groups excluding carboxylic acids is 1. The molecule has 1 aliphatic rings. The maximum atomic E-state index is 12.4. The van der Waals surface area contributed by atoms with Crippen LogP contribution in [0.25, 0.3) is 0 Å². The standard InChI is InChI=1S/C21H24BrClN2O3S/c22-18-7-3-5-16(11-18)14-29(27,28)15-21(26)24-13-20(25-9-1-2-10-25)17-6-4-8-19(23)12-17/h3-8,11-12,20H,1-2,9-10,13-15H2,(H,24,26). The first-order valence-corrected chi connectivity index (χ1v) is 12.5. The molecule has 1 saturated heterocycles. The number of rotatable bonds is 8. The van der Waals surface area contributed by atoms with E-state index in [0.29, 0.717) is 17.1 Å². The van der Waals surface area contributed by atoms with E-state index >= 15 is 0 Å². The van der Waals surface area contributed by atoms with Gasteiger partial charge in [-0.15, -0.1) is 0 Å². The molecule has 1 fully saturated rings. The normalized spacial score (nSPS) is 15.9. The molecule has 1 unspecified atom stereocenters. The molecule has 1 amide bonds. The molecule has 156 valence electrons. The summed E-state index contributed by atoms with van der Waals surface area (Å²) in [4.78, 5) is 14.7. The van der Waals surface area contributed by atoms with Crippen molar-refractivity contribution in [2.24, 2.45) is 0 Å². The lowest BCUT2D eigenvalue weighted by Crippen LogP contribution is -2.39. The second-order valence-electron chi connectivity index (χ2n) is 7.28. The number of carbonyl (C=O) groups is 1. The summed E-state index contributed by atoms with van der Waals surface area (Å²) in [6, 6.07) is 14.7. The Bertz CT molecular complexity index is 962. The van der Waals surface area contributed by atoms with Gasteiger partial charge < -0.3 is 5.32 Å². The number of amides is 1. The molecule has 0 aliphatic carbocycles. The van der Waals surface area contributed by atoms with Crippen LogP contribution >= 0.6 is 27.5 Å². The Labute approximate surface area is 185 Å². The highest BCUT2D eigenvalue weighted by molar-refractivity contribution is 9.10. The largest absolute Gasteiger partial charge is 0.353 e. The summed E-state index contributed by atoms with van der Waals surface area (Å²) in [5, 5.41) is 3.47. The highest BCUT2D eigenvalue weighted by atomic mass is 79.9. The number of nitrogens with zero attached hydrogens (tertiary/aromatic N) is 1. The maximum absolute atomic E-state index is 12.4. The van der Waals surface area contributed by atoms with Crippen molar-refractivity contribution in [3.8, 4) is 0 Å². The topological polar surface area (TPSA) is 66.5 Å². The van der Waals surface area contributed by atoms with Crippen molar-refractivity contribution in [1.29, 1.82) is 0 Å². The number of benzene rings is 2. The molecule has 0 radical (unpaired) electrons. The molecule has 1 atom stereocenters. The van der Waals surface area contributed by atoms with E-state index in [1.807, 2.05) is 30.3 Å². The molecule has 0 aromatic heterocycles. The van der Waals surface area contributed by atoms with Crippen LogP contribution in [0.5, 0.6) is 0 Å². The second-order valence-corrected chi connectivity index (χ2v) is 10.7. The molecule has 3 rings (SSSR count). The number of nitrogens with one attached hydrogen (secondary N) is 1. The Balaban J connectivity index is 1.62. The zero-order valence-electron chi connectivity index (χ0n) is 16.0. The minimum absolute atomic E-state index is 0.0204. The summed E-state index contributed by atoms with van der Waals surface area (Å²) in [7, 11) is -3.56. The van der Waals surface area contributed by atoms with Crippen molar-refractivity contribution in [1.82, 2.24) is 10.2 Å². The molecule has 0 saturated carbocycles. The van der Waals surface area contributed by atoms with Gasteiger partial charge in [0.1, 0.15) is 5.75 Å². The van der Waals surface area contributed by atoms with Gasteiger partial charge in [-0.25, -0.2) is 8.42 Å². The number of likely N-dealkylation sites (tertiary alicyclic amines) is 1. The van der Waals surface area contributed by atoms with Gasteiger partial charge in [-0.2, -0.15) is 0 Å². The van der Waals surface area contributed by atoms with Gasteiger partial charge in [0.25, 0.3) is 0 Å². The number of hydrogen-bond donors (Lipinski definition) is 1. The molecule has 29 heavy (non-hydrogen) atoms. The zero-order chi connectivity index (χ0) is 20.9. The number of halogens is 2. The quantitative estimate of drug-likeness (QED) is 0.597. The smallest absolute Gasteiger partial charge is 0.235 e. The SMILES string of the molecule is O=C(CS(=O)(=O)Cc1cccc(Br)c1)NCC(c1cccc(Cl)c1)N1CCCC1. The monoisotopic (exact) mass is 498 g/mol. The molecule has 0 bridgehead atoms. The van der Waals surface area contributed by atoms with Crippen LogP contribution in [-0.2, 0) is 20.4 Å². The van der Waals surface area contributed by atoms with Gasteiger partial charge in [0.2, 0.25) is 5.91 Å². The molecule has 5 nitrogen and oxygen atoms in total. The predicted octanol–water partition coefficient (Wildman–Crippen LogP) is 3.97. The minimum Gasteiger partial charge on any atom is -0.353 e. The molecule has 2 aromatic rings. The average Bonchev–Trinajstić information content (AvgIpc) is 3.15.